The molecule has 0 aliphatic carbocycles. The molecule has 0 fully saturated rings. The van der Waals surface area contributed by atoms with Crippen LogP contribution in [0.5, 0.6) is 0 Å². The van der Waals surface area contributed by atoms with Gasteiger partial charge in [0.25, 0.3) is 0 Å². The third-order valence-electron chi connectivity index (χ3n) is 3.71. The Kier molecular flexibility index (Phi) is 6.66. The monoisotopic (exact) mass is 264 g/mol. The fourth-order valence-electron chi connectivity index (χ4n) is 1.78. The summed E-state index contributed by atoms with van der Waals surface area (Å²) < 4.78 is 23.6. The minimum atomic E-state index is -2.96. The molecule has 17 heavy (non-hydrogen) atoms. The fourth-order valence-corrected chi connectivity index (χ4v) is 2.73. The van der Waals surface area contributed by atoms with Gasteiger partial charge in [-0.3, -0.25) is 4.90 Å². The topological polar surface area (TPSA) is 63.4 Å². The molecule has 0 saturated carbocycles. The van der Waals surface area contributed by atoms with E-state index in [0.717, 1.165) is 13.0 Å². The Morgan fingerprint density at radius 3 is 2.12 bits per heavy atom. The van der Waals surface area contributed by atoms with Gasteiger partial charge in [-0.05, 0) is 33.7 Å². The van der Waals surface area contributed by atoms with E-state index in [4.69, 9.17) is 5.73 Å². The van der Waals surface area contributed by atoms with Gasteiger partial charge in [0.05, 0.1) is 11.0 Å². The number of nitrogens with two attached hydrogens (primary N) is 1. The van der Waals surface area contributed by atoms with Gasteiger partial charge in [-0.15, -0.1) is 0 Å². The zero-order valence-electron chi connectivity index (χ0n) is 11.9. The van der Waals surface area contributed by atoms with Crippen molar-refractivity contribution in [3.8, 4) is 0 Å². The number of nitrogens with zero attached hydrogens (tertiary/aromatic N) is 1. The van der Waals surface area contributed by atoms with E-state index >= 15 is 0 Å². The highest BCUT2D eigenvalue weighted by atomic mass is 32.2. The van der Waals surface area contributed by atoms with Gasteiger partial charge in [-0.2, -0.15) is 0 Å². The predicted molar refractivity (Wildman–Crippen MR) is 73.9 cm³/mol. The highest BCUT2D eigenvalue weighted by molar-refractivity contribution is 7.92. The molecule has 4 nitrogen and oxygen atoms in total. The number of sulfone groups is 1. The quantitative estimate of drug-likeness (QED) is 0.717. The van der Waals surface area contributed by atoms with Crippen molar-refractivity contribution in [3.63, 3.8) is 0 Å². The third kappa shape index (κ3) is 4.56. The summed E-state index contributed by atoms with van der Waals surface area (Å²) >= 11 is 0. The second kappa shape index (κ2) is 6.71. The van der Waals surface area contributed by atoms with Gasteiger partial charge in [0.1, 0.15) is 0 Å². The molecule has 0 aliphatic heterocycles. The Balaban J connectivity index is 4.64. The van der Waals surface area contributed by atoms with Gasteiger partial charge in [-0.1, -0.05) is 13.8 Å². The molecule has 104 valence electrons. The first-order valence-electron chi connectivity index (χ1n) is 6.40. The summed E-state index contributed by atoms with van der Waals surface area (Å²) in [5, 5.41) is -0.299. The van der Waals surface area contributed by atoms with Crippen LogP contribution < -0.4 is 5.73 Å². The van der Waals surface area contributed by atoms with Crippen molar-refractivity contribution in [2.24, 2.45) is 5.73 Å². The van der Waals surface area contributed by atoms with E-state index < -0.39 is 9.84 Å². The summed E-state index contributed by atoms with van der Waals surface area (Å²) in [6.07, 6.45) is 0.930. The van der Waals surface area contributed by atoms with Crippen molar-refractivity contribution >= 4 is 9.84 Å². The summed E-state index contributed by atoms with van der Waals surface area (Å²) in [6.45, 7) is 11.6. The fraction of sp³-hybridized carbons (Fsp3) is 1.00. The highest BCUT2D eigenvalue weighted by Gasteiger charge is 2.28. The molecule has 0 radical (unpaired) electrons. The molecule has 0 heterocycles. The molecule has 0 rings (SSSR count). The average molecular weight is 264 g/mol. The van der Waals surface area contributed by atoms with Crippen LogP contribution >= 0.6 is 0 Å². The van der Waals surface area contributed by atoms with Crippen LogP contribution in [0.25, 0.3) is 0 Å². The van der Waals surface area contributed by atoms with E-state index in [9.17, 15) is 8.42 Å². The van der Waals surface area contributed by atoms with Crippen LogP contribution in [0.4, 0.5) is 0 Å². The van der Waals surface area contributed by atoms with Gasteiger partial charge in [-0.25, -0.2) is 8.42 Å². The van der Waals surface area contributed by atoms with E-state index in [0.29, 0.717) is 13.1 Å². The number of hydrogen-bond donors (Lipinski definition) is 1. The molecule has 1 unspecified atom stereocenters. The van der Waals surface area contributed by atoms with E-state index in [1.54, 1.807) is 13.8 Å². The maximum Gasteiger partial charge on any atom is 0.153 e. The standard InChI is InChI=1S/C12H28N2O2S/c1-6-12(5,10-13)14(7-2)8-9-17(15,16)11(3)4/h11H,6-10,13H2,1-5H3. The van der Waals surface area contributed by atoms with Crippen molar-refractivity contribution in [1.82, 2.24) is 4.90 Å². The lowest BCUT2D eigenvalue weighted by Gasteiger charge is -2.39. The summed E-state index contributed by atoms with van der Waals surface area (Å²) in [6, 6.07) is 0. The number of likely N-dealkylation sites (N-methyl/N-ethyl adjacent to an activating group) is 1. The van der Waals surface area contributed by atoms with Gasteiger partial charge < -0.3 is 5.73 Å². The van der Waals surface area contributed by atoms with Crippen LogP contribution in [0.3, 0.4) is 0 Å². The predicted octanol–water partition coefficient (Wildman–Crippen LogP) is 1.26. The van der Waals surface area contributed by atoms with Crippen molar-refractivity contribution in [3.05, 3.63) is 0 Å². The maximum absolute atomic E-state index is 11.8. The van der Waals surface area contributed by atoms with Crippen LogP contribution in [0.2, 0.25) is 0 Å². The summed E-state index contributed by atoms with van der Waals surface area (Å²) in [4.78, 5) is 2.17. The van der Waals surface area contributed by atoms with E-state index in [-0.39, 0.29) is 16.5 Å². The average Bonchev–Trinajstić information content (AvgIpc) is 2.28. The smallest absolute Gasteiger partial charge is 0.153 e. The molecule has 0 amide bonds. The molecule has 0 aromatic heterocycles. The van der Waals surface area contributed by atoms with Gasteiger partial charge in [0.15, 0.2) is 9.84 Å². The molecule has 0 aromatic rings. The zero-order valence-corrected chi connectivity index (χ0v) is 12.7. The van der Waals surface area contributed by atoms with Crippen LogP contribution in [0, 0.1) is 0 Å². The summed E-state index contributed by atoms with van der Waals surface area (Å²) in [5.74, 6) is 0.216. The van der Waals surface area contributed by atoms with Crippen molar-refractivity contribution in [1.29, 1.82) is 0 Å². The molecule has 2 N–H and O–H groups in total. The van der Waals surface area contributed by atoms with Crippen LogP contribution in [0.1, 0.15) is 41.0 Å². The molecular weight excluding hydrogens is 236 g/mol. The minimum Gasteiger partial charge on any atom is -0.329 e. The molecule has 0 aromatic carbocycles. The van der Waals surface area contributed by atoms with E-state index in [1.165, 1.54) is 0 Å². The van der Waals surface area contributed by atoms with Gasteiger partial charge in [0.2, 0.25) is 0 Å². The molecule has 0 spiro atoms. The molecular formula is C12H28N2O2S. The van der Waals surface area contributed by atoms with Gasteiger partial charge in [0, 0.05) is 18.6 Å². The maximum atomic E-state index is 11.8. The highest BCUT2D eigenvalue weighted by Crippen LogP contribution is 2.18. The summed E-state index contributed by atoms with van der Waals surface area (Å²) in [5.41, 5.74) is 5.71. The first-order valence-corrected chi connectivity index (χ1v) is 8.11. The number of hydrogen-bond acceptors (Lipinski definition) is 4. The Labute approximate surface area is 106 Å². The second-order valence-electron chi connectivity index (χ2n) is 5.05. The Hall–Kier alpha value is -0.130. The Morgan fingerprint density at radius 2 is 1.82 bits per heavy atom. The SMILES string of the molecule is CCN(CCS(=O)(=O)C(C)C)C(C)(CC)CN. The van der Waals surface area contributed by atoms with Crippen molar-refractivity contribution < 1.29 is 8.42 Å². The largest absolute Gasteiger partial charge is 0.329 e. The Morgan fingerprint density at radius 1 is 1.29 bits per heavy atom. The molecule has 0 bridgehead atoms. The first-order chi connectivity index (χ1) is 7.73. The zero-order chi connectivity index (χ0) is 13.7. The van der Waals surface area contributed by atoms with Crippen molar-refractivity contribution in [2.75, 3.05) is 25.4 Å². The lowest BCUT2D eigenvalue weighted by Crippen LogP contribution is -2.52. The molecule has 0 saturated heterocycles. The molecule has 5 heteroatoms. The van der Waals surface area contributed by atoms with Crippen molar-refractivity contribution in [2.45, 2.75) is 51.8 Å². The first kappa shape index (κ1) is 16.9. The normalized spacial score (nSPS) is 16.5. The minimum absolute atomic E-state index is 0.0960. The molecule has 0 aliphatic rings. The van der Waals surface area contributed by atoms with E-state index in [2.05, 4.69) is 18.7 Å². The molecule has 1 atom stereocenters. The van der Waals surface area contributed by atoms with Crippen LogP contribution in [-0.4, -0.2) is 49.5 Å². The van der Waals surface area contributed by atoms with Crippen LogP contribution in [0.15, 0.2) is 0 Å². The summed E-state index contributed by atoms with van der Waals surface area (Å²) in [7, 11) is -2.96. The van der Waals surface area contributed by atoms with Gasteiger partial charge >= 0.3 is 0 Å². The Bertz CT molecular complexity index is 308. The lowest BCUT2D eigenvalue weighted by molar-refractivity contribution is 0.121. The second-order valence-corrected chi connectivity index (χ2v) is 7.73. The third-order valence-corrected chi connectivity index (χ3v) is 5.90. The van der Waals surface area contributed by atoms with Crippen LogP contribution in [-0.2, 0) is 9.84 Å². The number of rotatable bonds is 8. The lowest BCUT2D eigenvalue weighted by atomic mass is 9.96. The van der Waals surface area contributed by atoms with E-state index in [1.807, 2.05) is 6.92 Å².